The number of hydrogen-bond acceptors (Lipinski definition) is 3. The van der Waals surface area contributed by atoms with E-state index in [1.54, 1.807) is 12.1 Å². The third kappa shape index (κ3) is 4.87. The van der Waals surface area contributed by atoms with E-state index in [2.05, 4.69) is 17.3 Å². The van der Waals surface area contributed by atoms with Crippen molar-refractivity contribution >= 4 is 34.8 Å². The summed E-state index contributed by atoms with van der Waals surface area (Å²) in [6, 6.07) is 8.76. The highest BCUT2D eigenvalue weighted by Crippen LogP contribution is 2.26. The zero-order valence-corrected chi connectivity index (χ0v) is 15.8. The van der Waals surface area contributed by atoms with Gasteiger partial charge in [0.2, 0.25) is 0 Å². The molecule has 4 nitrogen and oxygen atoms in total. The van der Waals surface area contributed by atoms with Gasteiger partial charge >= 0.3 is 0 Å². The molecule has 7 heteroatoms. The Kier molecular flexibility index (Phi) is 6.01. The Labute approximate surface area is 161 Å². The molecule has 0 aliphatic carbocycles. The van der Waals surface area contributed by atoms with Gasteiger partial charge in [0.25, 0.3) is 5.91 Å². The summed E-state index contributed by atoms with van der Waals surface area (Å²) < 4.78 is 19.8. The van der Waals surface area contributed by atoms with E-state index < -0.39 is 11.7 Å². The van der Waals surface area contributed by atoms with Crippen LogP contribution in [0.2, 0.25) is 10.0 Å². The van der Waals surface area contributed by atoms with E-state index in [-0.39, 0.29) is 16.7 Å². The molecule has 1 aliphatic heterocycles. The van der Waals surface area contributed by atoms with Gasteiger partial charge in [0.05, 0.1) is 10.6 Å². The van der Waals surface area contributed by atoms with Crippen molar-refractivity contribution in [2.24, 2.45) is 0 Å². The molecule has 26 heavy (non-hydrogen) atoms. The van der Waals surface area contributed by atoms with Gasteiger partial charge in [0, 0.05) is 35.9 Å². The average Bonchev–Trinajstić information content (AvgIpc) is 2.56. The van der Waals surface area contributed by atoms with Gasteiger partial charge in [-0.15, -0.1) is 0 Å². The van der Waals surface area contributed by atoms with Crippen LogP contribution < -0.4 is 10.1 Å². The van der Waals surface area contributed by atoms with E-state index in [0.29, 0.717) is 16.5 Å². The number of carbonyl (C=O) groups excluding carboxylic acids is 1. The van der Waals surface area contributed by atoms with Crippen LogP contribution in [0, 0.1) is 5.82 Å². The number of ether oxygens (including phenoxy) is 1. The van der Waals surface area contributed by atoms with E-state index in [9.17, 15) is 9.18 Å². The summed E-state index contributed by atoms with van der Waals surface area (Å²) in [6.45, 7) is 1.89. The van der Waals surface area contributed by atoms with Crippen LogP contribution >= 0.6 is 23.2 Å². The number of benzene rings is 2. The maximum atomic E-state index is 13.9. The number of piperidine rings is 1. The first-order valence-corrected chi connectivity index (χ1v) is 9.08. The fourth-order valence-electron chi connectivity index (χ4n) is 2.87. The molecule has 138 valence electrons. The fourth-order valence-corrected chi connectivity index (χ4v) is 3.36. The lowest BCUT2D eigenvalue weighted by Crippen LogP contribution is -2.35. The van der Waals surface area contributed by atoms with Crippen molar-refractivity contribution in [2.45, 2.75) is 18.9 Å². The molecule has 0 aromatic heterocycles. The summed E-state index contributed by atoms with van der Waals surface area (Å²) >= 11 is 11.9. The summed E-state index contributed by atoms with van der Waals surface area (Å²) in [7, 11) is 2.06. The van der Waals surface area contributed by atoms with Crippen molar-refractivity contribution in [1.82, 2.24) is 4.90 Å². The molecule has 0 atom stereocenters. The minimum Gasteiger partial charge on any atom is -0.490 e. The summed E-state index contributed by atoms with van der Waals surface area (Å²) in [5.74, 6) is -0.521. The normalized spacial score (nSPS) is 15.7. The second kappa shape index (κ2) is 8.25. The number of rotatable bonds is 4. The fraction of sp³-hybridized carbons (Fsp3) is 0.316. The van der Waals surface area contributed by atoms with Crippen molar-refractivity contribution in [3.05, 3.63) is 57.8 Å². The van der Waals surface area contributed by atoms with Crippen LogP contribution in [0.4, 0.5) is 10.1 Å². The van der Waals surface area contributed by atoms with Crippen molar-refractivity contribution in [1.29, 1.82) is 0 Å². The van der Waals surface area contributed by atoms with Crippen LogP contribution in [0.25, 0.3) is 0 Å². The first kappa shape index (κ1) is 19.0. The Morgan fingerprint density at radius 2 is 1.92 bits per heavy atom. The zero-order valence-electron chi connectivity index (χ0n) is 14.3. The third-order valence-corrected chi connectivity index (χ3v) is 4.82. The van der Waals surface area contributed by atoms with Crippen LogP contribution in [0.15, 0.2) is 36.4 Å². The highest BCUT2D eigenvalue weighted by atomic mass is 35.5. The molecule has 0 unspecified atom stereocenters. The number of carbonyl (C=O) groups is 1. The molecule has 3 rings (SSSR count). The lowest BCUT2D eigenvalue weighted by Gasteiger charge is -2.29. The number of nitrogens with zero attached hydrogens (tertiary/aromatic N) is 1. The van der Waals surface area contributed by atoms with Crippen molar-refractivity contribution < 1.29 is 13.9 Å². The number of nitrogens with one attached hydrogen (secondary N) is 1. The Morgan fingerprint density at radius 1 is 1.19 bits per heavy atom. The Morgan fingerprint density at radius 3 is 2.62 bits per heavy atom. The molecule has 1 aliphatic rings. The van der Waals surface area contributed by atoms with Crippen molar-refractivity contribution in [2.75, 3.05) is 25.5 Å². The van der Waals surface area contributed by atoms with Crippen molar-refractivity contribution in [3.8, 4) is 5.75 Å². The zero-order chi connectivity index (χ0) is 18.7. The average molecular weight is 397 g/mol. The Hall–Kier alpha value is -1.82. The van der Waals surface area contributed by atoms with E-state index in [4.69, 9.17) is 27.9 Å². The summed E-state index contributed by atoms with van der Waals surface area (Å²) in [6.07, 6.45) is 1.81. The van der Waals surface area contributed by atoms with Gasteiger partial charge < -0.3 is 15.0 Å². The molecule has 0 radical (unpaired) electrons. The predicted molar refractivity (Wildman–Crippen MR) is 102 cm³/mol. The van der Waals surface area contributed by atoms with Gasteiger partial charge in [-0.3, -0.25) is 4.79 Å². The largest absolute Gasteiger partial charge is 0.490 e. The third-order valence-electron chi connectivity index (χ3n) is 4.27. The van der Waals surface area contributed by atoms with Crippen LogP contribution in [-0.2, 0) is 0 Å². The minimum absolute atomic E-state index is 0.0438. The molecule has 0 spiro atoms. The maximum absolute atomic E-state index is 13.9. The minimum atomic E-state index is -0.479. The quantitative estimate of drug-likeness (QED) is 0.802. The van der Waals surface area contributed by atoms with E-state index in [1.165, 1.54) is 24.3 Å². The molecular formula is C19H19Cl2FN2O2. The molecule has 2 aromatic carbocycles. The number of anilines is 1. The molecule has 0 bridgehead atoms. The molecule has 0 saturated carbocycles. The smallest absolute Gasteiger partial charge is 0.257 e. The number of likely N-dealkylation sites (tertiary alicyclic amines) is 1. The summed E-state index contributed by atoms with van der Waals surface area (Å²) in [5.41, 5.74) is 0.571. The Bertz CT molecular complexity index is 808. The monoisotopic (exact) mass is 396 g/mol. The number of hydrogen-bond donors (Lipinski definition) is 1. The molecule has 1 fully saturated rings. The second-order valence-corrected chi connectivity index (χ2v) is 7.22. The van der Waals surface area contributed by atoms with Crippen LogP contribution in [-0.4, -0.2) is 37.0 Å². The molecular weight excluding hydrogens is 378 g/mol. The van der Waals surface area contributed by atoms with Crippen molar-refractivity contribution in [3.63, 3.8) is 0 Å². The lowest BCUT2D eigenvalue weighted by atomic mass is 10.1. The predicted octanol–water partition coefficient (Wildman–Crippen LogP) is 4.86. The van der Waals surface area contributed by atoms with E-state index in [0.717, 1.165) is 25.9 Å². The number of halogens is 3. The summed E-state index contributed by atoms with van der Waals surface area (Å²) in [4.78, 5) is 14.6. The lowest BCUT2D eigenvalue weighted by molar-refractivity contribution is 0.102. The van der Waals surface area contributed by atoms with E-state index >= 15 is 0 Å². The van der Waals surface area contributed by atoms with Crippen LogP contribution in [0.1, 0.15) is 23.2 Å². The van der Waals surface area contributed by atoms with Gasteiger partial charge in [-0.25, -0.2) is 4.39 Å². The van der Waals surface area contributed by atoms with Gasteiger partial charge in [-0.05, 0) is 44.2 Å². The topological polar surface area (TPSA) is 41.6 Å². The van der Waals surface area contributed by atoms with Crippen LogP contribution in [0.5, 0.6) is 5.75 Å². The molecule has 1 amide bonds. The maximum Gasteiger partial charge on any atom is 0.257 e. The highest BCUT2D eigenvalue weighted by Gasteiger charge is 2.19. The number of amides is 1. The van der Waals surface area contributed by atoms with Crippen LogP contribution in [0.3, 0.4) is 0 Å². The van der Waals surface area contributed by atoms with Gasteiger partial charge in [-0.2, -0.15) is 0 Å². The van der Waals surface area contributed by atoms with E-state index in [1.807, 2.05) is 0 Å². The second-order valence-electron chi connectivity index (χ2n) is 6.37. The van der Waals surface area contributed by atoms with Gasteiger partial charge in [0.1, 0.15) is 17.7 Å². The molecule has 1 N–H and O–H groups in total. The molecule has 1 saturated heterocycles. The molecule has 1 heterocycles. The van der Waals surface area contributed by atoms with Gasteiger partial charge in [-0.1, -0.05) is 23.2 Å². The SMILES string of the molecule is CN1CCC(Oc2cc(F)cc(NC(=O)c3ccc(Cl)cc3Cl)c2)CC1. The van der Waals surface area contributed by atoms with Gasteiger partial charge in [0.15, 0.2) is 0 Å². The Balaban J connectivity index is 1.72. The molecule has 2 aromatic rings. The standard InChI is InChI=1S/C19H19Cl2FN2O2/c1-24-6-4-15(5-7-24)26-16-10-13(22)9-14(11-16)23-19(25)17-3-2-12(20)8-18(17)21/h2-3,8-11,15H,4-7H2,1H3,(H,23,25). The summed E-state index contributed by atoms with van der Waals surface area (Å²) in [5, 5.41) is 3.32. The first-order chi connectivity index (χ1) is 12.4. The highest BCUT2D eigenvalue weighted by molar-refractivity contribution is 6.37. The first-order valence-electron chi connectivity index (χ1n) is 8.33.